The summed E-state index contributed by atoms with van der Waals surface area (Å²) >= 11 is 0. The van der Waals surface area contributed by atoms with E-state index < -0.39 is 29.5 Å². The molecule has 188 valence electrons. The molecule has 1 amide bonds. The fourth-order valence-electron chi connectivity index (χ4n) is 6.71. The number of fused-ring (bicyclic) bond motifs is 2. The van der Waals surface area contributed by atoms with E-state index in [0.29, 0.717) is 43.7 Å². The first kappa shape index (κ1) is 23.9. The van der Waals surface area contributed by atoms with Gasteiger partial charge in [0.1, 0.15) is 0 Å². The molecular formula is C24H30F5N3O2. The molecule has 10 heteroatoms. The highest BCUT2D eigenvalue weighted by atomic mass is 19.4. The van der Waals surface area contributed by atoms with E-state index in [2.05, 4.69) is 10.3 Å². The summed E-state index contributed by atoms with van der Waals surface area (Å²) in [6.45, 7) is 1.05. The predicted octanol–water partition coefficient (Wildman–Crippen LogP) is 4.19. The lowest BCUT2D eigenvalue weighted by atomic mass is 9.78. The summed E-state index contributed by atoms with van der Waals surface area (Å²) in [7, 11) is 0. The molecule has 5 atom stereocenters. The van der Waals surface area contributed by atoms with Crippen molar-refractivity contribution in [3.05, 3.63) is 29.1 Å². The van der Waals surface area contributed by atoms with Gasteiger partial charge in [0.05, 0.1) is 23.5 Å². The van der Waals surface area contributed by atoms with Gasteiger partial charge in [-0.25, -0.2) is 8.78 Å². The number of nitrogens with one attached hydrogen (secondary N) is 1. The van der Waals surface area contributed by atoms with Crippen LogP contribution >= 0.6 is 0 Å². The van der Waals surface area contributed by atoms with Crippen molar-refractivity contribution in [1.29, 1.82) is 0 Å². The lowest BCUT2D eigenvalue weighted by molar-refractivity contribution is -0.144. The SMILES string of the molecule is O=C(N1CCc2ncc(C(F)(F)F)cc2C1)[C@@]12CCC[C@@H]1C[C@@H](N[C@@H]1CCOC[C@H]1C(F)F)C2. The fraction of sp³-hybridized carbons (Fsp3) is 0.750. The molecular weight excluding hydrogens is 457 g/mol. The van der Waals surface area contributed by atoms with E-state index in [1.54, 1.807) is 4.90 Å². The zero-order chi connectivity index (χ0) is 24.1. The average molecular weight is 488 g/mol. The number of nitrogens with zero attached hydrogens (tertiary/aromatic N) is 2. The van der Waals surface area contributed by atoms with Crippen LogP contribution in [0.3, 0.4) is 0 Å². The summed E-state index contributed by atoms with van der Waals surface area (Å²) in [5, 5.41) is 3.43. The number of ether oxygens (including phenoxy) is 1. The summed E-state index contributed by atoms with van der Waals surface area (Å²) in [5.74, 6) is -0.683. The lowest BCUT2D eigenvalue weighted by Crippen LogP contribution is -2.50. The highest BCUT2D eigenvalue weighted by molar-refractivity contribution is 5.84. The monoisotopic (exact) mass is 487 g/mol. The summed E-state index contributed by atoms with van der Waals surface area (Å²) in [5.41, 5.74) is -0.292. The molecule has 2 aliphatic heterocycles. The molecule has 4 aliphatic rings. The first-order chi connectivity index (χ1) is 16.2. The van der Waals surface area contributed by atoms with Gasteiger partial charge in [-0.2, -0.15) is 13.2 Å². The number of rotatable bonds is 4. The second-order valence-corrected chi connectivity index (χ2v) is 10.3. The Morgan fingerprint density at radius 1 is 1.29 bits per heavy atom. The van der Waals surface area contributed by atoms with Gasteiger partial charge in [0.15, 0.2) is 0 Å². The molecule has 1 aromatic rings. The maximum atomic E-state index is 13.8. The maximum Gasteiger partial charge on any atom is 0.417 e. The van der Waals surface area contributed by atoms with E-state index in [1.807, 2.05) is 0 Å². The number of alkyl halides is 5. The quantitative estimate of drug-likeness (QED) is 0.648. The zero-order valence-electron chi connectivity index (χ0n) is 18.9. The molecule has 2 aliphatic carbocycles. The minimum absolute atomic E-state index is 0.000233. The highest BCUT2D eigenvalue weighted by Crippen LogP contribution is 2.55. The summed E-state index contributed by atoms with van der Waals surface area (Å²) < 4.78 is 71.7. The largest absolute Gasteiger partial charge is 0.417 e. The predicted molar refractivity (Wildman–Crippen MR) is 113 cm³/mol. The van der Waals surface area contributed by atoms with Gasteiger partial charge in [-0.3, -0.25) is 9.78 Å². The molecule has 0 radical (unpaired) electrons. The number of amides is 1. The molecule has 1 aromatic heterocycles. The van der Waals surface area contributed by atoms with Gasteiger partial charge in [-0.15, -0.1) is 0 Å². The number of carbonyl (C=O) groups excluding carboxylic acids is 1. The number of pyridine rings is 1. The van der Waals surface area contributed by atoms with Crippen LogP contribution in [0.1, 0.15) is 55.3 Å². The number of aromatic nitrogens is 1. The Morgan fingerprint density at radius 2 is 2.12 bits per heavy atom. The molecule has 1 N–H and O–H groups in total. The van der Waals surface area contributed by atoms with Crippen molar-refractivity contribution in [3.63, 3.8) is 0 Å². The number of carbonyl (C=O) groups is 1. The minimum Gasteiger partial charge on any atom is -0.381 e. The fourth-order valence-corrected chi connectivity index (χ4v) is 6.71. The molecule has 5 rings (SSSR count). The first-order valence-corrected chi connectivity index (χ1v) is 12.1. The standard InChI is InChI=1S/C24H30F5N3O2/c25-21(26)18-13-34-7-4-20(18)31-17-9-15-2-1-5-23(15,10-17)22(33)32-6-3-19-14(12-32)8-16(11-30-19)24(27,28)29/h8,11,15,17-18,20-21,31H,1-7,9-10,12-13H2/t15-,17-,18-,20-,23-/m1/s1. The number of hydrogen-bond acceptors (Lipinski definition) is 4. The molecule has 0 spiro atoms. The maximum absolute atomic E-state index is 13.8. The topological polar surface area (TPSA) is 54.5 Å². The molecule has 34 heavy (non-hydrogen) atoms. The van der Waals surface area contributed by atoms with E-state index in [9.17, 15) is 26.7 Å². The minimum atomic E-state index is -4.48. The van der Waals surface area contributed by atoms with Gasteiger partial charge >= 0.3 is 6.18 Å². The number of hydrogen-bond donors (Lipinski definition) is 1. The zero-order valence-corrected chi connectivity index (χ0v) is 18.9. The number of halogens is 5. The van der Waals surface area contributed by atoms with Crippen molar-refractivity contribution in [1.82, 2.24) is 15.2 Å². The van der Waals surface area contributed by atoms with Crippen LogP contribution in [0.25, 0.3) is 0 Å². The van der Waals surface area contributed by atoms with Crippen LogP contribution in [0.4, 0.5) is 22.0 Å². The van der Waals surface area contributed by atoms with E-state index in [1.165, 1.54) is 0 Å². The van der Waals surface area contributed by atoms with Crippen molar-refractivity contribution in [2.75, 3.05) is 19.8 Å². The van der Waals surface area contributed by atoms with E-state index >= 15 is 0 Å². The summed E-state index contributed by atoms with van der Waals surface area (Å²) in [4.78, 5) is 19.5. The molecule has 3 heterocycles. The molecule has 0 aromatic carbocycles. The van der Waals surface area contributed by atoms with Gasteiger partial charge in [-0.1, -0.05) is 6.42 Å². The Labute approximate surface area is 195 Å². The molecule has 5 nitrogen and oxygen atoms in total. The molecule has 0 bridgehead atoms. The Morgan fingerprint density at radius 3 is 2.88 bits per heavy atom. The van der Waals surface area contributed by atoms with Crippen molar-refractivity contribution in [3.8, 4) is 0 Å². The van der Waals surface area contributed by atoms with Crippen molar-refractivity contribution in [2.45, 2.75) is 76.2 Å². The first-order valence-electron chi connectivity index (χ1n) is 12.1. The molecule has 2 saturated carbocycles. The van der Waals surface area contributed by atoms with Crippen LogP contribution in [-0.4, -0.2) is 54.1 Å². The van der Waals surface area contributed by atoms with Gasteiger partial charge in [0.2, 0.25) is 12.3 Å². The van der Waals surface area contributed by atoms with Gasteiger partial charge in [0, 0.05) is 50.1 Å². The third-order valence-corrected chi connectivity index (χ3v) is 8.39. The third-order valence-electron chi connectivity index (χ3n) is 8.39. The van der Waals surface area contributed by atoms with E-state index in [4.69, 9.17) is 4.74 Å². The van der Waals surface area contributed by atoms with Gasteiger partial charge in [0.25, 0.3) is 0 Å². The van der Waals surface area contributed by atoms with E-state index in [-0.39, 0.29) is 37.1 Å². The summed E-state index contributed by atoms with van der Waals surface area (Å²) in [6.07, 6.45) is -1.18. The smallest absolute Gasteiger partial charge is 0.381 e. The molecule has 0 unspecified atom stereocenters. The Kier molecular flexibility index (Phi) is 6.33. The average Bonchev–Trinajstić information content (AvgIpc) is 3.35. The van der Waals surface area contributed by atoms with Crippen molar-refractivity contribution in [2.24, 2.45) is 17.3 Å². The third kappa shape index (κ3) is 4.32. The Bertz CT molecular complexity index is 926. The van der Waals surface area contributed by atoms with Crippen LogP contribution in [0, 0.1) is 17.3 Å². The van der Waals surface area contributed by atoms with Crippen molar-refractivity contribution >= 4 is 5.91 Å². The van der Waals surface area contributed by atoms with Crippen LogP contribution in [0.2, 0.25) is 0 Å². The van der Waals surface area contributed by atoms with Crippen LogP contribution in [-0.2, 0) is 28.7 Å². The van der Waals surface area contributed by atoms with Crippen LogP contribution < -0.4 is 5.32 Å². The normalized spacial score (nSPS) is 33.8. The van der Waals surface area contributed by atoms with Gasteiger partial charge < -0.3 is 15.0 Å². The highest BCUT2D eigenvalue weighted by Gasteiger charge is 2.56. The second kappa shape index (κ2) is 9.00. The Hall–Kier alpha value is -1.81. The second-order valence-electron chi connectivity index (χ2n) is 10.3. The van der Waals surface area contributed by atoms with Gasteiger partial charge in [-0.05, 0) is 49.7 Å². The Balaban J connectivity index is 1.31. The summed E-state index contributed by atoms with van der Waals surface area (Å²) in [6, 6.07) is 0.757. The van der Waals surface area contributed by atoms with Crippen LogP contribution in [0.5, 0.6) is 0 Å². The lowest BCUT2D eigenvalue weighted by Gasteiger charge is -2.38. The van der Waals surface area contributed by atoms with E-state index in [0.717, 1.165) is 37.9 Å². The van der Waals surface area contributed by atoms with Crippen molar-refractivity contribution < 1.29 is 31.5 Å². The molecule has 3 fully saturated rings. The molecule has 1 saturated heterocycles. The van der Waals surface area contributed by atoms with Crippen LogP contribution in [0.15, 0.2) is 12.3 Å².